The van der Waals surface area contributed by atoms with E-state index in [0.29, 0.717) is 13.0 Å². The van der Waals surface area contributed by atoms with E-state index in [1.54, 1.807) is 8.87 Å². The third kappa shape index (κ3) is 56.0. The Morgan fingerprint density at radius 1 is 0.533 bits per heavy atom. The second-order valence-corrected chi connectivity index (χ2v) is 16.7. The molecule has 1 heterocycles. The predicted molar refractivity (Wildman–Crippen MR) is 188 cm³/mol. The minimum atomic E-state index is -0.909. The summed E-state index contributed by atoms with van der Waals surface area (Å²) in [6, 6.07) is 0. The molecule has 0 aromatic heterocycles. The molecule has 266 valence electrons. The molecule has 1 saturated heterocycles. The van der Waals surface area contributed by atoms with Crippen LogP contribution in [0, 0.1) is 0 Å². The van der Waals surface area contributed by atoms with E-state index >= 15 is 0 Å². The molecule has 0 amide bonds. The summed E-state index contributed by atoms with van der Waals surface area (Å²) >= 11 is 0.149. The Balaban J connectivity index is -0.000000536. The van der Waals surface area contributed by atoms with Gasteiger partial charge in [0.1, 0.15) is 0 Å². The number of aliphatic carboxylic acids is 2. The summed E-state index contributed by atoms with van der Waals surface area (Å²) in [5.74, 6) is -1.84. The maximum Gasteiger partial charge on any atom is 0.305 e. The summed E-state index contributed by atoms with van der Waals surface area (Å²) in [7, 11) is 0. The SMILES string of the molecule is CCCCCCCCCCCC(=O)[O-].CCCCCCCCCCCC(=O)[O-].CCC[CH2][Sn+2][CH2]CCC.O=C1CCCCCO1. The molecule has 1 fully saturated rings. The van der Waals surface area contributed by atoms with Crippen LogP contribution in [0.4, 0.5) is 0 Å². The van der Waals surface area contributed by atoms with Gasteiger partial charge >= 0.3 is 75.5 Å². The molecule has 0 spiro atoms. The molecule has 0 aliphatic carbocycles. The van der Waals surface area contributed by atoms with E-state index in [2.05, 4.69) is 27.7 Å². The second-order valence-electron chi connectivity index (χ2n) is 12.4. The molecule has 0 aromatic rings. The first-order chi connectivity index (χ1) is 21.8. The van der Waals surface area contributed by atoms with E-state index in [9.17, 15) is 24.6 Å². The first-order valence-electron chi connectivity index (χ1n) is 19.1. The minimum Gasteiger partial charge on any atom is -0.466 e. The van der Waals surface area contributed by atoms with Crippen molar-refractivity contribution in [1.82, 2.24) is 0 Å². The molecule has 0 bridgehead atoms. The van der Waals surface area contributed by atoms with Gasteiger partial charge in [-0.2, -0.15) is 0 Å². The van der Waals surface area contributed by atoms with Gasteiger partial charge in [-0.25, -0.2) is 0 Å². The minimum absolute atomic E-state index is 0.0255. The van der Waals surface area contributed by atoms with Gasteiger partial charge in [-0.05, 0) is 44.9 Å². The van der Waals surface area contributed by atoms with Crippen LogP contribution >= 0.6 is 0 Å². The third-order valence-corrected chi connectivity index (χ3v) is 11.7. The molecule has 0 aromatic carbocycles. The Labute approximate surface area is 290 Å². The third-order valence-electron chi connectivity index (χ3n) is 7.67. The Morgan fingerprint density at radius 2 is 0.889 bits per heavy atom. The van der Waals surface area contributed by atoms with Gasteiger partial charge < -0.3 is 24.5 Å². The van der Waals surface area contributed by atoms with Crippen LogP contribution in [0.2, 0.25) is 8.87 Å². The number of ether oxygens (including phenoxy) is 1. The van der Waals surface area contributed by atoms with Crippen molar-refractivity contribution in [3.63, 3.8) is 0 Å². The largest absolute Gasteiger partial charge is 0.466 e. The van der Waals surface area contributed by atoms with E-state index in [1.165, 1.54) is 116 Å². The van der Waals surface area contributed by atoms with Crippen LogP contribution in [-0.2, 0) is 19.1 Å². The Morgan fingerprint density at radius 3 is 1.24 bits per heavy atom. The quantitative estimate of drug-likeness (QED) is 0.0496. The van der Waals surface area contributed by atoms with E-state index in [-0.39, 0.29) is 40.0 Å². The number of carbonyl (C=O) groups is 3. The summed E-state index contributed by atoms with van der Waals surface area (Å²) in [5, 5.41) is 20.2. The summed E-state index contributed by atoms with van der Waals surface area (Å²) in [6.45, 7) is 9.66. The molecular weight excluding hydrogens is 671 g/mol. The first-order valence-corrected chi connectivity index (χ1v) is 23.1. The zero-order valence-corrected chi connectivity index (χ0v) is 33.2. The average molecular weight is 746 g/mol. The molecule has 45 heavy (non-hydrogen) atoms. The second kappa shape index (κ2) is 45.3. The number of hydrogen-bond donors (Lipinski definition) is 0. The van der Waals surface area contributed by atoms with Gasteiger partial charge in [-0.3, -0.25) is 4.79 Å². The van der Waals surface area contributed by atoms with Crippen LogP contribution in [0.3, 0.4) is 0 Å². The molecule has 0 radical (unpaired) electrons. The fourth-order valence-corrected chi connectivity index (χ4v) is 8.85. The number of unbranched alkanes of at least 4 members (excludes halogenated alkanes) is 18. The van der Waals surface area contributed by atoms with Crippen LogP contribution in [0.15, 0.2) is 0 Å². The number of carbonyl (C=O) groups excluding carboxylic acids is 3. The number of hydrogen-bond acceptors (Lipinski definition) is 6. The first kappa shape index (κ1) is 48.6. The summed E-state index contributed by atoms with van der Waals surface area (Å²) in [6.07, 6.45) is 32.0. The summed E-state index contributed by atoms with van der Waals surface area (Å²) in [5.41, 5.74) is 0. The molecule has 0 unspecified atom stereocenters. The zero-order valence-electron chi connectivity index (χ0n) is 30.4. The van der Waals surface area contributed by atoms with E-state index < -0.39 is 11.9 Å². The number of esters is 1. The number of carboxylic acid groups (broad SMARTS) is 2. The van der Waals surface area contributed by atoms with Gasteiger partial charge in [0.2, 0.25) is 0 Å². The van der Waals surface area contributed by atoms with Crippen molar-refractivity contribution >= 4 is 39.1 Å². The van der Waals surface area contributed by atoms with Crippen molar-refractivity contribution in [3.05, 3.63) is 0 Å². The van der Waals surface area contributed by atoms with Crippen molar-refractivity contribution in [2.45, 2.75) is 216 Å². The van der Waals surface area contributed by atoms with E-state index in [0.717, 1.165) is 44.9 Å². The number of cyclic esters (lactones) is 1. The molecule has 1 rings (SSSR count). The molecule has 0 saturated carbocycles. The molecule has 1 aliphatic rings. The maximum absolute atomic E-state index is 10.5. The van der Waals surface area contributed by atoms with Crippen molar-refractivity contribution in [2.75, 3.05) is 6.61 Å². The van der Waals surface area contributed by atoms with Crippen molar-refractivity contribution in [3.8, 4) is 0 Å². The summed E-state index contributed by atoms with van der Waals surface area (Å²) < 4.78 is 8.01. The van der Waals surface area contributed by atoms with E-state index in [4.69, 9.17) is 4.74 Å². The number of carboxylic acids is 2. The van der Waals surface area contributed by atoms with Crippen molar-refractivity contribution < 1.29 is 29.3 Å². The van der Waals surface area contributed by atoms with Crippen molar-refractivity contribution in [1.29, 1.82) is 0 Å². The molecule has 0 N–H and O–H groups in total. The van der Waals surface area contributed by atoms with Gasteiger partial charge in [0.05, 0.1) is 6.61 Å². The molecule has 0 atom stereocenters. The van der Waals surface area contributed by atoms with Gasteiger partial charge in [-0.1, -0.05) is 117 Å². The Hall–Kier alpha value is -0.791. The normalized spacial score (nSPS) is 12.1. The fourth-order valence-electron chi connectivity index (χ4n) is 4.69. The summed E-state index contributed by atoms with van der Waals surface area (Å²) in [4.78, 5) is 30.7. The Kier molecular flexibility index (Phi) is 49.0. The van der Waals surface area contributed by atoms with Gasteiger partial charge in [0, 0.05) is 18.4 Å². The average Bonchev–Trinajstić information content (AvgIpc) is 3.27. The van der Waals surface area contributed by atoms with E-state index in [1.807, 2.05) is 0 Å². The molecule has 7 heteroatoms. The van der Waals surface area contributed by atoms with Gasteiger partial charge in [-0.15, -0.1) is 0 Å². The number of rotatable bonds is 26. The maximum atomic E-state index is 10.5. The Bertz CT molecular complexity index is 551. The van der Waals surface area contributed by atoms with Crippen LogP contribution in [0.5, 0.6) is 0 Å². The smallest absolute Gasteiger partial charge is 0.305 e. The van der Waals surface area contributed by atoms with Gasteiger partial charge in [0.25, 0.3) is 0 Å². The zero-order chi connectivity index (χ0) is 34.1. The van der Waals surface area contributed by atoms with Crippen LogP contribution < -0.4 is 10.2 Å². The monoisotopic (exact) mass is 746 g/mol. The van der Waals surface area contributed by atoms with Crippen molar-refractivity contribution in [2.24, 2.45) is 0 Å². The van der Waals surface area contributed by atoms with Crippen LogP contribution in [0.1, 0.15) is 207 Å². The molecule has 6 nitrogen and oxygen atoms in total. The molecular formula is C38H74O6Sn. The van der Waals surface area contributed by atoms with Crippen LogP contribution in [0.25, 0.3) is 0 Å². The molecule has 1 aliphatic heterocycles. The topological polar surface area (TPSA) is 107 Å². The van der Waals surface area contributed by atoms with Gasteiger partial charge in [0.15, 0.2) is 0 Å². The fraction of sp³-hybridized carbons (Fsp3) is 0.921. The standard InChI is InChI=1S/2C12H24O2.C6H10O2.2C4H9.Sn/c2*1-2-3-4-5-6-7-8-9-10-11-12(13)14;7-6-4-2-1-3-5-8-6;2*1-3-4-2;/h2*2-11H2,1H3,(H,13,14);1-5H2;2*1,3-4H2,2H3;/q;;;;;+2/p-2. The predicted octanol–water partition coefficient (Wildman–Crippen LogP) is 9.55. The van der Waals surface area contributed by atoms with Crippen LogP contribution in [-0.4, -0.2) is 45.7 Å².